The van der Waals surface area contributed by atoms with Crippen molar-refractivity contribution in [2.24, 2.45) is 0 Å². The first kappa shape index (κ1) is 25.2. The Hall–Kier alpha value is -4.57. The van der Waals surface area contributed by atoms with Gasteiger partial charge in [-0.3, -0.25) is 4.79 Å². The minimum absolute atomic E-state index is 0.0161. The number of benzene rings is 3. The molecule has 0 spiro atoms. The molecule has 3 aromatic carbocycles. The van der Waals surface area contributed by atoms with Crippen molar-refractivity contribution in [1.82, 2.24) is 10.2 Å². The number of hydrogen-bond donors (Lipinski definition) is 2. The van der Waals surface area contributed by atoms with Crippen molar-refractivity contribution in [3.63, 3.8) is 0 Å². The number of rotatable bonds is 5. The van der Waals surface area contributed by atoms with Gasteiger partial charge in [0.25, 0.3) is 5.91 Å². The van der Waals surface area contributed by atoms with Crippen LogP contribution in [0.1, 0.15) is 35.4 Å². The summed E-state index contributed by atoms with van der Waals surface area (Å²) in [6.45, 7) is 0.651. The maximum atomic E-state index is 14.4. The lowest BCUT2D eigenvalue weighted by Crippen LogP contribution is -2.54. The zero-order valence-corrected chi connectivity index (χ0v) is 23.4. The number of fused-ring (bicyclic) bond motifs is 6. The Morgan fingerprint density at radius 1 is 0.976 bits per heavy atom. The van der Waals surface area contributed by atoms with E-state index in [0.717, 1.165) is 18.4 Å². The van der Waals surface area contributed by atoms with Gasteiger partial charge in [0.1, 0.15) is 11.9 Å². The Morgan fingerprint density at radius 2 is 1.79 bits per heavy atom. The average molecular weight is 571 g/mol. The van der Waals surface area contributed by atoms with E-state index in [2.05, 4.69) is 5.32 Å². The fourth-order valence-corrected chi connectivity index (χ4v) is 7.60. The van der Waals surface area contributed by atoms with E-state index in [9.17, 15) is 9.90 Å². The number of ether oxygens (including phenoxy) is 6. The van der Waals surface area contributed by atoms with Crippen molar-refractivity contribution in [2.45, 2.75) is 36.1 Å². The Bertz CT molecular complexity index is 1670. The highest BCUT2D eigenvalue weighted by Crippen LogP contribution is 2.72. The molecule has 1 aliphatic carbocycles. The molecule has 1 amide bonds. The zero-order valence-electron chi connectivity index (χ0n) is 23.4. The van der Waals surface area contributed by atoms with Crippen LogP contribution in [0.2, 0.25) is 0 Å². The van der Waals surface area contributed by atoms with Crippen molar-refractivity contribution in [2.75, 3.05) is 34.7 Å². The van der Waals surface area contributed by atoms with Gasteiger partial charge >= 0.3 is 0 Å². The predicted molar refractivity (Wildman–Crippen MR) is 149 cm³/mol. The summed E-state index contributed by atoms with van der Waals surface area (Å²) in [4.78, 5) is 16.3. The largest absolute Gasteiger partial charge is 0.493 e. The predicted octanol–water partition coefficient (Wildman–Crippen LogP) is 3.52. The van der Waals surface area contributed by atoms with Gasteiger partial charge in [-0.25, -0.2) is 0 Å². The number of methoxy groups -OCH3 is 3. The molecule has 3 aromatic rings. The van der Waals surface area contributed by atoms with E-state index in [1.807, 2.05) is 47.4 Å². The normalized spacial score (nSPS) is 28.0. The molecule has 42 heavy (non-hydrogen) atoms. The summed E-state index contributed by atoms with van der Waals surface area (Å²) in [7, 11) is 4.65. The zero-order chi connectivity index (χ0) is 28.8. The number of carbonyl (C=O) groups is 1. The quantitative estimate of drug-likeness (QED) is 0.477. The van der Waals surface area contributed by atoms with Gasteiger partial charge in [-0.15, -0.1) is 0 Å². The van der Waals surface area contributed by atoms with Gasteiger partial charge in [0.2, 0.25) is 12.5 Å². The van der Waals surface area contributed by atoms with Gasteiger partial charge in [-0.1, -0.05) is 36.4 Å². The second kappa shape index (κ2) is 8.72. The van der Waals surface area contributed by atoms with Gasteiger partial charge in [-0.2, -0.15) is 0 Å². The third-order valence-electron chi connectivity index (χ3n) is 9.28. The lowest BCUT2D eigenvalue weighted by molar-refractivity contribution is -0.129. The molecular formula is C32H30N2O8. The molecule has 1 fully saturated rings. The Morgan fingerprint density at radius 3 is 2.55 bits per heavy atom. The molecule has 2 N–H and O–H groups in total. The van der Waals surface area contributed by atoms with Crippen molar-refractivity contribution < 1.29 is 38.3 Å². The summed E-state index contributed by atoms with van der Waals surface area (Å²) >= 11 is 0. The molecule has 4 aliphatic heterocycles. The molecule has 4 heterocycles. The highest BCUT2D eigenvalue weighted by Gasteiger charge is 2.75. The fourth-order valence-electron chi connectivity index (χ4n) is 7.60. The summed E-state index contributed by atoms with van der Waals surface area (Å²) in [5, 5.41) is 17.1. The molecule has 4 atom stereocenters. The third kappa shape index (κ3) is 2.90. The molecule has 0 saturated carbocycles. The van der Waals surface area contributed by atoms with Gasteiger partial charge in [0, 0.05) is 18.2 Å². The Labute approximate surface area is 242 Å². The average Bonchev–Trinajstić information content (AvgIpc) is 3.78. The van der Waals surface area contributed by atoms with Crippen LogP contribution in [0.4, 0.5) is 0 Å². The summed E-state index contributed by atoms with van der Waals surface area (Å²) in [6, 6.07) is 16.9. The minimum Gasteiger partial charge on any atom is -0.493 e. The third-order valence-corrected chi connectivity index (χ3v) is 9.28. The van der Waals surface area contributed by atoms with Crippen LogP contribution in [0.15, 0.2) is 65.9 Å². The summed E-state index contributed by atoms with van der Waals surface area (Å²) < 4.78 is 35.8. The molecule has 0 bridgehead atoms. The van der Waals surface area contributed by atoms with Crippen molar-refractivity contribution in [1.29, 1.82) is 0 Å². The van der Waals surface area contributed by atoms with E-state index in [1.165, 1.54) is 7.11 Å². The topological polar surface area (TPSA) is 108 Å². The van der Waals surface area contributed by atoms with Crippen LogP contribution >= 0.6 is 0 Å². The van der Waals surface area contributed by atoms with Crippen LogP contribution in [0.5, 0.6) is 34.5 Å². The second-order valence-electron chi connectivity index (χ2n) is 11.1. The molecule has 0 aromatic heterocycles. The van der Waals surface area contributed by atoms with Gasteiger partial charge in [-0.05, 0) is 30.5 Å². The summed E-state index contributed by atoms with van der Waals surface area (Å²) in [5.74, 6) is 1.67. The molecule has 8 rings (SSSR count). The maximum absolute atomic E-state index is 14.4. The number of nitrogens with one attached hydrogen (secondary N) is 1. The number of aliphatic hydroxyl groups is 1. The number of carbonyl (C=O) groups excluding carboxylic acids is 1. The molecule has 10 heteroatoms. The molecule has 10 nitrogen and oxygen atoms in total. The Kier molecular flexibility index (Phi) is 5.22. The number of amides is 1. The van der Waals surface area contributed by atoms with Crippen LogP contribution < -0.4 is 33.7 Å². The first-order valence-corrected chi connectivity index (χ1v) is 14.0. The van der Waals surface area contributed by atoms with Gasteiger partial charge in [0.05, 0.1) is 44.1 Å². The van der Waals surface area contributed by atoms with E-state index in [0.29, 0.717) is 63.4 Å². The smallest absolute Gasteiger partial charge is 0.254 e. The first-order valence-electron chi connectivity index (χ1n) is 14.0. The SMILES string of the molecule is COc1ccc([C@@]23Oc4cc5c(c(OC)c4[C@]2(O)C2=C(C(=O)N4CCC[C@H]4N2)[C@H]3c2ccccc2)OCO5)cc1OC. The van der Waals surface area contributed by atoms with Gasteiger partial charge in [0.15, 0.2) is 34.2 Å². The Balaban J connectivity index is 1.49. The summed E-state index contributed by atoms with van der Waals surface area (Å²) in [6.07, 6.45) is 1.39. The lowest BCUT2D eigenvalue weighted by atomic mass is 9.69. The maximum Gasteiger partial charge on any atom is 0.254 e. The minimum atomic E-state index is -1.89. The van der Waals surface area contributed by atoms with E-state index < -0.39 is 17.1 Å². The first-order chi connectivity index (χ1) is 20.5. The second-order valence-corrected chi connectivity index (χ2v) is 11.1. The standard InChI is InChI=1S/C32H30N2O8/c1-37-19-12-11-18(14-20(19)38-2)32-25(17-8-5-4-6-9-17)24-29(33-23-10-7-13-34(23)30(24)35)31(32,36)26-21(42-32)15-22-27(28(26)39-3)41-16-40-22/h4-6,8-9,11-12,14-15,23,25,33,36H,7,10,13,16H2,1-3H3/t23-,25+,31-,32-/m0/s1. The molecular weight excluding hydrogens is 540 g/mol. The van der Waals surface area contributed by atoms with E-state index in [4.69, 9.17) is 28.4 Å². The van der Waals surface area contributed by atoms with Crippen molar-refractivity contribution >= 4 is 5.91 Å². The van der Waals surface area contributed by atoms with Crippen LogP contribution in [0, 0.1) is 0 Å². The van der Waals surface area contributed by atoms with Crippen LogP contribution in [-0.2, 0) is 16.0 Å². The van der Waals surface area contributed by atoms with Crippen molar-refractivity contribution in [3.8, 4) is 34.5 Å². The van der Waals surface area contributed by atoms with Gasteiger partial charge < -0.3 is 43.7 Å². The molecule has 216 valence electrons. The van der Waals surface area contributed by atoms with E-state index in [1.54, 1.807) is 26.4 Å². The molecule has 0 unspecified atom stereocenters. The highest BCUT2D eigenvalue weighted by atomic mass is 16.7. The van der Waals surface area contributed by atoms with Crippen LogP contribution in [-0.4, -0.2) is 56.7 Å². The van der Waals surface area contributed by atoms with Crippen LogP contribution in [0.25, 0.3) is 0 Å². The number of hydrogen-bond acceptors (Lipinski definition) is 9. The van der Waals surface area contributed by atoms with Crippen molar-refractivity contribution in [3.05, 3.63) is 82.6 Å². The monoisotopic (exact) mass is 570 g/mol. The lowest BCUT2D eigenvalue weighted by Gasteiger charge is -2.42. The number of nitrogens with zero attached hydrogens (tertiary/aromatic N) is 1. The highest BCUT2D eigenvalue weighted by molar-refractivity contribution is 6.00. The molecule has 0 radical (unpaired) electrons. The summed E-state index contributed by atoms with van der Waals surface area (Å²) in [5.41, 5.74) is -0.782. The fraction of sp³-hybridized carbons (Fsp3) is 0.344. The van der Waals surface area contributed by atoms with Crippen LogP contribution in [0.3, 0.4) is 0 Å². The molecule has 5 aliphatic rings. The van der Waals surface area contributed by atoms with E-state index >= 15 is 0 Å². The van der Waals surface area contributed by atoms with E-state index in [-0.39, 0.29) is 18.9 Å². The molecule has 1 saturated heterocycles.